The molecule has 4 nitrogen and oxygen atoms in total. The fourth-order valence-electron chi connectivity index (χ4n) is 3.92. The topological polar surface area (TPSA) is 36.8 Å². The number of quaternary nitrogens is 1. The third kappa shape index (κ3) is 4.07. The minimum Gasteiger partial charge on any atom is -0.360 e. The van der Waals surface area contributed by atoms with Gasteiger partial charge in [-0.1, -0.05) is 35.9 Å². The number of rotatable bonds is 4. The second kappa shape index (κ2) is 7.92. The zero-order valence-corrected chi connectivity index (χ0v) is 16.3. The molecular weight excluding hydrogens is 322 g/mol. The van der Waals surface area contributed by atoms with Crippen molar-refractivity contribution in [2.75, 3.05) is 36.4 Å². The first-order chi connectivity index (χ1) is 12.5. The second-order valence-electron chi connectivity index (χ2n) is 7.47. The number of nitrogens with one attached hydrogen (secondary N) is 2. The van der Waals surface area contributed by atoms with Crippen molar-refractivity contribution in [1.29, 1.82) is 0 Å². The van der Waals surface area contributed by atoms with E-state index in [0.717, 1.165) is 43.0 Å². The SMILES string of the molecule is Cc1cc(C)c(NC(=O)[C@H](C)[NH+]2CCN(c3ccccc3)CC2)c(C)c1. The first kappa shape index (κ1) is 18.5. The Morgan fingerprint density at radius 2 is 1.62 bits per heavy atom. The zero-order chi connectivity index (χ0) is 18.7. The predicted octanol–water partition coefficient (Wildman–Crippen LogP) is 2.34. The smallest absolute Gasteiger partial charge is 0.282 e. The molecule has 0 spiro atoms. The molecule has 1 amide bonds. The van der Waals surface area contributed by atoms with E-state index in [1.807, 2.05) is 13.0 Å². The third-order valence-electron chi connectivity index (χ3n) is 5.46. The average Bonchev–Trinajstić information content (AvgIpc) is 2.64. The highest BCUT2D eigenvalue weighted by atomic mass is 16.2. The van der Waals surface area contributed by atoms with Crippen LogP contribution in [0.5, 0.6) is 0 Å². The summed E-state index contributed by atoms with van der Waals surface area (Å²) in [6, 6.07) is 14.7. The van der Waals surface area contributed by atoms with Crippen LogP contribution in [-0.2, 0) is 4.79 Å². The van der Waals surface area contributed by atoms with Gasteiger partial charge in [0.2, 0.25) is 0 Å². The Balaban J connectivity index is 1.60. The van der Waals surface area contributed by atoms with Crippen LogP contribution in [0.15, 0.2) is 42.5 Å². The van der Waals surface area contributed by atoms with Gasteiger partial charge in [-0.15, -0.1) is 0 Å². The van der Waals surface area contributed by atoms with E-state index in [2.05, 4.69) is 67.4 Å². The zero-order valence-electron chi connectivity index (χ0n) is 16.3. The lowest BCUT2D eigenvalue weighted by molar-refractivity contribution is -0.914. The van der Waals surface area contributed by atoms with Gasteiger partial charge in [0.1, 0.15) is 0 Å². The van der Waals surface area contributed by atoms with E-state index in [9.17, 15) is 4.79 Å². The number of nitrogens with zero attached hydrogens (tertiary/aromatic N) is 1. The summed E-state index contributed by atoms with van der Waals surface area (Å²) in [6.45, 7) is 12.2. The van der Waals surface area contributed by atoms with E-state index in [0.29, 0.717) is 0 Å². The summed E-state index contributed by atoms with van der Waals surface area (Å²) in [5.74, 6) is 0.114. The number of para-hydroxylation sites is 1. The Labute approximate surface area is 156 Å². The summed E-state index contributed by atoms with van der Waals surface area (Å²) >= 11 is 0. The number of piperazine rings is 1. The lowest BCUT2D eigenvalue weighted by Gasteiger charge is -2.36. The molecule has 0 unspecified atom stereocenters. The monoisotopic (exact) mass is 352 g/mol. The number of amides is 1. The maximum Gasteiger partial charge on any atom is 0.282 e. The fourth-order valence-corrected chi connectivity index (χ4v) is 3.92. The molecule has 1 aliphatic rings. The minimum absolute atomic E-state index is 0.0481. The molecule has 1 aliphatic heterocycles. The highest BCUT2D eigenvalue weighted by Gasteiger charge is 2.29. The summed E-state index contributed by atoms with van der Waals surface area (Å²) in [6.07, 6.45) is 0. The number of hydrogen-bond acceptors (Lipinski definition) is 2. The van der Waals surface area contributed by atoms with Gasteiger partial charge < -0.3 is 15.1 Å². The van der Waals surface area contributed by atoms with Gasteiger partial charge in [-0.2, -0.15) is 0 Å². The Hall–Kier alpha value is -2.33. The van der Waals surface area contributed by atoms with E-state index in [1.165, 1.54) is 16.2 Å². The van der Waals surface area contributed by atoms with Crippen molar-refractivity contribution in [3.63, 3.8) is 0 Å². The molecule has 26 heavy (non-hydrogen) atoms. The summed E-state index contributed by atoms with van der Waals surface area (Å²) in [4.78, 5) is 16.6. The molecule has 1 saturated heterocycles. The number of benzene rings is 2. The maximum atomic E-state index is 12.8. The van der Waals surface area contributed by atoms with Crippen LogP contribution in [0.2, 0.25) is 0 Å². The Morgan fingerprint density at radius 1 is 1.04 bits per heavy atom. The highest BCUT2D eigenvalue weighted by Crippen LogP contribution is 2.22. The number of aryl methyl sites for hydroxylation is 3. The molecule has 1 heterocycles. The van der Waals surface area contributed by atoms with E-state index < -0.39 is 0 Å². The van der Waals surface area contributed by atoms with Crippen molar-refractivity contribution >= 4 is 17.3 Å². The summed E-state index contributed by atoms with van der Waals surface area (Å²) < 4.78 is 0. The van der Waals surface area contributed by atoms with Crippen molar-refractivity contribution in [3.8, 4) is 0 Å². The lowest BCUT2D eigenvalue weighted by Crippen LogP contribution is -3.19. The lowest BCUT2D eigenvalue weighted by atomic mass is 10.0. The van der Waals surface area contributed by atoms with Crippen LogP contribution in [-0.4, -0.2) is 38.1 Å². The molecule has 0 aliphatic carbocycles. The maximum absolute atomic E-state index is 12.8. The van der Waals surface area contributed by atoms with Gasteiger partial charge in [-0.05, 0) is 51.0 Å². The molecule has 2 aromatic rings. The van der Waals surface area contributed by atoms with Gasteiger partial charge in [0, 0.05) is 11.4 Å². The van der Waals surface area contributed by atoms with Gasteiger partial charge in [0.05, 0.1) is 26.2 Å². The molecule has 1 atom stereocenters. The molecule has 0 radical (unpaired) electrons. The van der Waals surface area contributed by atoms with Crippen molar-refractivity contribution < 1.29 is 9.69 Å². The molecule has 3 rings (SSSR count). The molecule has 4 heteroatoms. The molecule has 2 aromatic carbocycles. The molecular formula is C22H30N3O+. The summed E-state index contributed by atoms with van der Waals surface area (Å²) in [5, 5.41) is 3.17. The number of carbonyl (C=O) groups is 1. The quantitative estimate of drug-likeness (QED) is 0.886. The molecule has 0 saturated carbocycles. The molecule has 0 aromatic heterocycles. The van der Waals surface area contributed by atoms with Gasteiger partial charge in [-0.3, -0.25) is 4.79 Å². The predicted molar refractivity (Wildman–Crippen MR) is 108 cm³/mol. The second-order valence-corrected chi connectivity index (χ2v) is 7.47. The molecule has 1 fully saturated rings. The van der Waals surface area contributed by atoms with Crippen LogP contribution >= 0.6 is 0 Å². The van der Waals surface area contributed by atoms with Gasteiger partial charge >= 0.3 is 0 Å². The van der Waals surface area contributed by atoms with Gasteiger partial charge in [0.25, 0.3) is 5.91 Å². The largest absolute Gasteiger partial charge is 0.360 e. The summed E-state index contributed by atoms with van der Waals surface area (Å²) in [7, 11) is 0. The Morgan fingerprint density at radius 3 is 2.19 bits per heavy atom. The standard InChI is InChI=1S/C22H29N3O/c1-16-14-17(2)21(18(3)15-16)23-22(26)19(4)24-10-12-25(13-11-24)20-8-6-5-7-9-20/h5-9,14-15,19H,10-13H2,1-4H3,(H,23,26)/p+1/t19-/m0/s1. The minimum atomic E-state index is -0.0481. The highest BCUT2D eigenvalue weighted by molar-refractivity contribution is 5.95. The Kier molecular flexibility index (Phi) is 5.62. The van der Waals surface area contributed by atoms with Crippen LogP contribution in [0.1, 0.15) is 23.6 Å². The third-order valence-corrected chi connectivity index (χ3v) is 5.46. The number of anilines is 2. The molecule has 138 valence electrons. The fraction of sp³-hybridized carbons (Fsp3) is 0.409. The average molecular weight is 353 g/mol. The number of hydrogen-bond donors (Lipinski definition) is 2. The van der Waals surface area contributed by atoms with Crippen LogP contribution in [0.3, 0.4) is 0 Å². The molecule has 0 bridgehead atoms. The van der Waals surface area contributed by atoms with Crippen molar-refractivity contribution in [3.05, 3.63) is 59.2 Å². The van der Waals surface area contributed by atoms with Crippen molar-refractivity contribution in [2.45, 2.75) is 33.7 Å². The van der Waals surface area contributed by atoms with Gasteiger partial charge in [-0.25, -0.2) is 0 Å². The van der Waals surface area contributed by atoms with E-state index in [-0.39, 0.29) is 11.9 Å². The molecule has 2 N–H and O–H groups in total. The van der Waals surface area contributed by atoms with Crippen LogP contribution in [0.4, 0.5) is 11.4 Å². The van der Waals surface area contributed by atoms with Crippen LogP contribution < -0.4 is 15.1 Å². The number of carbonyl (C=O) groups excluding carboxylic acids is 1. The Bertz CT molecular complexity index is 741. The van der Waals surface area contributed by atoms with E-state index in [4.69, 9.17) is 0 Å². The summed E-state index contributed by atoms with van der Waals surface area (Å²) in [5.41, 5.74) is 5.73. The van der Waals surface area contributed by atoms with Crippen molar-refractivity contribution in [2.24, 2.45) is 0 Å². The first-order valence-electron chi connectivity index (χ1n) is 9.49. The van der Waals surface area contributed by atoms with Crippen LogP contribution in [0, 0.1) is 20.8 Å². The normalized spacial score (nSPS) is 16.4. The van der Waals surface area contributed by atoms with E-state index >= 15 is 0 Å². The first-order valence-corrected chi connectivity index (χ1v) is 9.49. The van der Waals surface area contributed by atoms with Crippen molar-refractivity contribution in [1.82, 2.24) is 0 Å². The van der Waals surface area contributed by atoms with E-state index in [1.54, 1.807) is 0 Å². The van der Waals surface area contributed by atoms with Crippen LogP contribution in [0.25, 0.3) is 0 Å². The van der Waals surface area contributed by atoms with Gasteiger partial charge in [0.15, 0.2) is 6.04 Å².